The number of azo groups is 1. The Hall–Kier alpha value is -4.24. The van der Waals surface area contributed by atoms with E-state index < -0.39 is 0 Å². The third-order valence-electron chi connectivity index (χ3n) is 5.24. The average molecular weight is 430 g/mol. The lowest BCUT2D eigenvalue weighted by atomic mass is 10.1. The summed E-state index contributed by atoms with van der Waals surface area (Å²) >= 11 is 0. The van der Waals surface area contributed by atoms with Crippen LogP contribution in [0.5, 0.6) is 0 Å². The quantitative estimate of drug-likeness (QED) is 0.214. The second-order valence-electron chi connectivity index (χ2n) is 7.88. The van der Waals surface area contributed by atoms with Crippen LogP contribution in [0.4, 0.5) is 17.1 Å². The Morgan fingerprint density at radius 3 is 1.64 bits per heavy atom. The van der Waals surface area contributed by atoms with Gasteiger partial charge in [0.25, 0.3) is 0 Å². The molecule has 3 heteroatoms. The van der Waals surface area contributed by atoms with Gasteiger partial charge in [-0.1, -0.05) is 109 Å². The van der Waals surface area contributed by atoms with Crippen LogP contribution in [0.15, 0.2) is 113 Å². The fourth-order valence-electron chi connectivity index (χ4n) is 3.37. The highest BCUT2D eigenvalue weighted by atomic mass is 15.1. The van der Waals surface area contributed by atoms with Crippen molar-refractivity contribution in [1.29, 1.82) is 0 Å². The number of anilines is 1. The van der Waals surface area contributed by atoms with E-state index in [2.05, 4.69) is 88.0 Å². The Labute approximate surface area is 196 Å². The molecule has 4 aromatic carbocycles. The number of nitrogens with zero attached hydrogens (tertiary/aromatic N) is 3. The Balaban J connectivity index is 1.65. The molecule has 0 unspecified atom stereocenters. The SMILES string of the molecule is CN(C)c1ccc(C=Cc2ccccc2)c(N=Nc2ccccc2C=Cc2ccccc2)c1. The molecule has 0 N–H and O–H groups in total. The van der Waals surface area contributed by atoms with Gasteiger partial charge in [-0.05, 0) is 29.3 Å². The molecular weight excluding hydrogens is 402 g/mol. The summed E-state index contributed by atoms with van der Waals surface area (Å²) in [5.74, 6) is 0. The molecule has 0 amide bonds. The number of rotatable bonds is 7. The van der Waals surface area contributed by atoms with Crippen molar-refractivity contribution in [2.45, 2.75) is 0 Å². The third-order valence-corrected chi connectivity index (χ3v) is 5.24. The summed E-state index contributed by atoms with van der Waals surface area (Å²) < 4.78 is 0. The first-order valence-corrected chi connectivity index (χ1v) is 11.0. The van der Waals surface area contributed by atoms with Gasteiger partial charge in [-0.3, -0.25) is 0 Å². The van der Waals surface area contributed by atoms with Crippen LogP contribution in [0.25, 0.3) is 24.3 Å². The fourth-order valence-corrected chi connectivity index (χ4v) is 3.37. The minimum atomic E-state index is 0.829. The Morgan fingerprint density at radius 2 is 1.03 bits per heavy atom. The van der Waals surface area contributed by atoms with E-state index in [4.69, 9.17) is 0 Å². The molecule has 4 aromatic rings. The van der Waals surface area contributed by atoms with Crippen LogP contribution in [-0.4, -0.2) is 14.1 Å². The van der Waals surface area contributed by atoms with Gasteiger partial charge in [0.05, 0.1) is 11.4 Å². The molecular formula is C30H27N3. The molecule has 0 fully saturated rings. The zero-order valence-electron chi connectivity index (χ0n) is 19.0. The summed E-state index contributed by atoms with van der Waals surface area (Å²) in [7, 11) is 4.05. The van der Waals surface area contributed by atoms with Crippen molar-refractivity contribution in [3.05, 3.63) is 125 Å². The number of benzene rings is 4. The van der Waals surface area contributed by atoms with Crippen LogP contribution in [-0.2, 0) is 0 Å². The molecule has 0 aliphatic rings. The summed E-state index contributed by atoms with van der Waals surface area (Å²) in [6.07, 6.45) is 8.36. The molecule has 162 valence electrons. The maximum absolute atomic E-state index is 4.66. The van der Waals surface area contributed by atoms with E-state index in [0.717, 1.165) is 39.3 Å². The second kappa shape index (κ2) is 10.9. The van der Waals surface area contributed by atoms with Gasteiger partial charge in [0, 0.05) is 30.9 Å². The monoisotopic (exact) mass is 429 g/mol. The van der Waals surface area contributed by atoms with E-state index in [1.54, 1.807) is 0 Å². The molecule has 0 aromatic heterocycles. The van der Waals surface area contributed by atoms with Gasteiger partial charge in [0.15, 0.2) is 0 Å². The first-order valence-electron chi connectivity index (χ1n) is 11.0. The van der Waals surface area contributed by atoms with Crippen molar-refractivity contribution in [3.63, 3.8) is 0 Å². The van der Waals surface area contributed by atoms with E-state index in [0.29, 0.717) is 0 Å². The van der Waals surface area contributed by atoms with Crippen LogP contribution in [0, 0.1) is 0 Å². The van der Waals surface area contributed by atoms with Crippen LogP contribution in [0.2, 0.25) is 0 Å². The van der Waals surface area contributed by atoms with Crippen molar-refractivity contribution in [2.24, 2.45) is 10.2 Å². The lowest BCUT2D eigenvalue weighted by molar-refractivity contribution is 1.12. The van der Waals surface area contributed by atoms with Gasteiger partial charge >= 0.3 is 0 Å². The summed E-state index contributed by atoms with van der Waals surface area (Å²) in [5.41, 5.74) is 7.08. The van der Waals surface area contributed by atoms with Gasteiger partial charge in [-0.15, -0.1) is 10.2 Å². The van der Waals surface area contributed by atoms with E-state index in [1.807, 2.05) is 68.7 Å². The van der Waals surface area contributed by atoms with Crippen LogP contribution < -0.4 is 4.90 Å². The van der Waals surface area contributed by atoms with Crippen LogP contribution >= 0.6 is 0 Å². The van der Waals surface area contributed by atoms with Crippen molar-refractivity contribution in [2.75, 3.05) is 19.0 Å². The van der Waals surface area contributed by atoms with Crippen molar-refractivity contribution in [3.8, 4) is 0 Å². The van der Waals surface area contributed by atoms with Crippen molar-refractivity contribution in [1.82, 2.24) is 0 Å². The third kappa shape index (κ3) is 6.14. The molecule has 0 saturated carbocycles. The van der Waals surface area contributed by atoms with Crippen LogP contribution in [0.1, 0.15) is 22.3 Å². The van der Waals surface area contributed by atoms with Gasteiger partial charge in [0.1, 0.15) is 0 Å². The fraction of sp³-hybridized carbons (Fsp3) is 0.0667. The highest BCUT2D eigenvalue weighted by Gasteiger charge is 2.04. The molecule has 4 rings (SSSR count). The highest BCUT2D eigenvalue weighted by Crippen LogP contribution is 2.30. The topological polar surface area (TPSA) is 28.0 Å². The first-order chi connectivity index (χ1) is 16.2. The normalized spacial score (nSPS) is 11.6. The van der Waals surface area contributed by atoms with Gasteiger partial charge in [-0.2, -0.15) is 0 Å². The molecule has 0 atom stereocenters. The second-order valence-corrected chi connectivity index (χ2v) is 7.88. The summed E-state index contributed by atoms with van der Waals surface area (Å²) in [4.78, 5) is 2.07. The molecule has 0 radical (unpaired) electrons. The van der Waals surface area contributed by atoms with E-state index in [9.17, 15) is 0 Å². The largest absolute Gasteiger partial charge is 0.378 e. The lowest BCUT2D eigenvalue weighted by Crippen LogP contribution is -2.08. The number of hydrogen-bond donors (Lipinski definition) is 0. The predicted molar refractivity (Wildman–Crippen MR) is 142 cm³/mol. The molecule has 0 heterocycles. The molecule has 3 nitrogen and oxygen atoms in total. The Kier molecular flexibility index (Phi) is 7.24. The van der Waals surface area contributed by atoms with E-state index >= 15 is 0 Å². The molecule has 0 aliphatic carbocycles. The zero-order valence-corrected chi connectivity index (χ0v) is 19.0. The maximum Gasteiger partial charge on any atom is 0.0949 e. The van der Waals surface area contributed by atoms with Gasteiger partial charge in [-0.25, -0.2) is 0 Å². The molecule has 0 spiro atoms. The minimum Gasteiger partial charge on any atom is -0.378 e. The van der Waals surface area contributed by atoms with Crippen molar-refractivity contribution >= 4 is 41.4 Å². The van der Waals surface area contributed by atoms with Crippen molar-refractivity contribution < 1.29 is 0 Å². The van der Waals surface area contributed by atoms with Gasteiger partial charge < -0.3 is 4.90 Å². The Bertz CT molecular complexity index is 1270. The standard InChI is InChI=1S/C30H27N3/c1-33(2)28-22-21-27(20-18-25-13-7-4-8-14-25)30(23-28)32-31-29-16-10-9-15-26(29)19-17-24-11-5-3-6-12-24/h3-23H,1-2H3. The van der Waals surface area contributed by atoms with E-state index in [-0.39, 0.29) is 0 Å². The maximum atomic E-state index is 4.66. The lowest BCUT2D eigenvalue weighted by Gasteiger charge is -2.13. The predicted octanol–water partition coefficient (Wildman–Crippen LogP) is 8.51. The van der Waals surface area contributed by atoms with E-state index in [1.165, 1.54) is 0 Å². The summed E-state index contributed by atoms with van der Waals surface area (Å²) in [6, 6.07) is 34.8. The zero-order chi connectivity index (χ0) is 22.9. The smallest absolute Gasteiger partial charge is 0.0949 e. The molecule has 0 aliphatic heterocycles. The Morgan fingerprint density at radius 1 is 0.515 bits per heavy atom. The first kappa shape index (κ1) is 22.0. The average Bonchev–Trinajstić information content (AvgIpc) is 2.87. The molecule has 0 saturated heterocycles. The minimum absolute atomic E-state index is 0.829. The number of hydrogen-bond acceptors (Lipinski definition) is 3. The molecule has 33 heavy (non-hydrogen) atoms. The van der Waals surface area contributed by atoms with Gasteiger partial charge in [0.2, 0.25) is 0 Å². The summed E-state index contributed by atoms with van der Waals surface area (Å²) in [6.45, 7) is 0. The molecule has 0 bridgehead atoms. The van der Waals surface area contributed by atoms with Crippen LogP contribution in [0.3, 0.4) is 0 Å². The summed E-state index contributed by atoms with van der Waals surface area (Å²) in [5, 5.41) is 9.29. The highest BCUT2D eigenvalue weighted by molar-refractivity contribution is 5.78.